The van der Waals surface area contributed by atoms with E-state index < -0.39 is 32.4 Å². The molecule has 2 aromatic heterocycles. The Morgan fingerprint density at radius 1 is 1.27 bits per heavy atom. The van der Waals surface area contributed by atoms with Crippen LogP contribution in [0, 0.1) is 0 Å². The fourth-order valence-electron chi connectivity index (χ4n) is 3.46. The number of ether oxygens (including phenoxy) is 1. The lowest BCUT2D eigenvalue weighted by atomic mass is 10.1. The SMILES string of the molecule is [B][P+]1(O)OC[C@H]2O[C@@H](n3c(Sc4ccccc4N)nc4c(N)ncnc43)[C@@H](O)C2O1. The molecule has 2 aliphatic rings. The Balaban J connectivity index is 1.60. The van der Waals surface area contributed by atoms with Gasteiger partial charge in [-0.3, -0.25) is 4.57 Å². The molecule has 0 bridgehead atoms. The van der Waals surface area contributed by atoms with Crippen molar-refractivity contribution in [2.24, 2.45) is 0 Å². The van der Waals surface area contributed by atoms with Crippen molar-refractivity contribution in [2.75, 3.05) is 18.1 Å². The van der Waals surface area contributed by atoms with E-state index in [4.69, 9.17) is 32.8 Å². The number of hydrogen-bond acceptors (Lipinski definition) is 11. The zero-order valence-corrected chi connectivity index (χ0v) is 17.1. The van der Waals surface area contributed by atoms with Gasteiger partial charge in [-0.25, -0.2) is 19.8 Å². The van der Waals surface area contributed by atoms with E-state index in [9.17, 15) is 10.00 Å². The van der Waals surface area contributed by atoms with Gasteiger partial charge in [-0.1, -0.05) is 12.1 Å². The van der Waals surface area contributed by atoms with Gasteiger partial charge in [0.25, 0.3) is 0 Å². The summed E-state index contributed by atoms with van der Waals surface area (Å²) >= 11 is 1.27. The van der Waals surface area contributed by atoms with Crippen molar-refractivity contribution in [2.45, 2.75) is 34.6 Å². The van der Waals surface area contributed by atoms with E-state index in [0.29, 0.717) is 22.0 Å². The lowest BCUT2D eigenvalue weighted by Gasteiger charge is -2.27. The number of hydrogen-bond donors (Lipinski definition) is 4. The smallest absolute Gasteiger partial charge is 0.398 e. The highest BCUT2D eigenvalue weighted by atomic mass is 32.2. The molecule has 0 spiro atoms. The lowest BCUT2D eigenvalue weighted by Crippen LogP contribution is -2.40. The summed E-state index contributed by atoms with van der Waals surface area (Å²) in [6.45, 7) is -0.0170. The third-order valence-electron chi connectivity index (χ3n) is 4.85. The summed E-state index contributed by atoms with van der Waals surface area (Å²) in [7, 11) is 2.09. The van der Waals surface area contributed by atoms with Crippen LogP contribution >= 0.6 is 19.6 Å². The average Bonchev–Trinajstić information content (AvgIpc) is 3.21. The van der Waals surface area contributed by atoms with Gasteiger partial charge in [0.1, 0.15) is 25.1 Å². The van der Waals surface area contributed by atoms with Crippen LogP contribution in [0.15, 0.2) is 40.6 Å². The van der Waals surface area contributed by atoms with Crippen LogP contribution in [0.4, 0.5) is 11.5 Å². The van der Waals surface area contributed by atoms with E-state index in [0.717, 1.165) is 4.90 Å². The summed E-state index contributed by atoms with van der Waals surface area (Å²) in [5, 5.41) is 11.4. The Hall–Kier alpha value is -1.99. The van der Waals surface area contributed by atoms with Gasteiger partial charge in [0.05, 0.1) is 0 Å². The van der Waals surface area contributed by atoms with Crippen LogP contribution in [0.5, 0.6) is 0 Å². The number of aromatic nitrogens is 4. The van der Waals surface area contributed by atoms with Crippen molar-refractivity contribution in [3.05, 3.63) is 30.6 Å². The predicted molar refractivity (Wildman–Crippen MR) is 110 cm³/mol. The fourth-order valence-corrected chi connectivity index (χ4v) is 5.45. The van der Waals surface area contributed by atoms with E-state index >= 15 is 0 Å². The molecule has 11 nitrogen and oxygen atoms in total. The minimum absolute atomic E-state index is 0.0170. The average molecular weight is 447 g/mol. The van der Waals surface area contributed by atoms with Crippen LogP contribution in [-0.4, -0.2) is 62.0 Å². The Kier molecular flexibility index (Phi) is 4.86. The molecule has 2 fully saturated rings. The minimum atomic E-state index is -3.51. The predicted octanol–water partition coefficient (Wildman–Crippen LogP) is 0.654. The van der Waals surface area contributed by atoms with Crippen molar-refractivity contribution in [1.82, 2.24) is 19.5 Å². The standard InChI is InChI=1S/C16H17BN6O5PS/c17-29(25)26-5-8-12(28-29)11(24)15(27-8)23-14-10(13(19)20-6-21-14)22-16(23)30-9-4-2-1-3-7(9)18/h1-4,6,8,11-12,15,24-25H,5,18H2,(H2,19,20,21)/q+1/t8-,11+,12?,15-,29?/m1/s1. The van der Waals surface area contributed by atoms with Gasteiger partial charge in [0.2, 0.25) is 0 Å². The summed E-state index contributed by atoms with van der Waals surface area (Å²) in [4.78, 5) is 23.5. The van der Waals surface area contributed by atoms with Crippen molar-refractivity contribution in [3.8, 4) is 0 Å². The molecule has 2 aliphatic heterocycles. The highest BCUT2D eigenvalue weighted by molar-refractivity contribution is 7.99. The second-order valence-corrected chi connectivity index (χ2v) is 9.43. The number of nitrogen functional groups attached to an aromatic ring is 2. The monoisotopic (exact) mass is 447 g/mol. The fraction of sp³-hybridized carbons (Fsp3) is 0.312. The van der Waals surface area contributed by atoms with Gasteiger partial charge in [0.15, 0.2) is 34.5 Å². The van der Waals surface area contributed by atoms with Gasteiger partial charge in [-0.05, 0) is 23.9 Å². The molecule has 1 aromatic carbocycles. The van der Waals surface area contributed by atoms with Crippen molar-refractivity contribution >= 4 is 49.8 Å². The molecule has 2 radical (unpaired) electrons. The Labute approximate surface area is 176 Å². The molecule has 30 heavy (non-hydrogen) atoms. The highest BCUT2D eigenvalue weighted by Crippen LogP contribution is 2.58. The summed E-state index contributed by atoms with van der Waals surface area (Å²) in [6, 6.07) is 7.30. The van der Waals surface area contributed by atoms with Gasteiger partial charge >= 0.3 is 15.4 Å². The highest BCUT2D eigenvalue weighted by Gasteiger charge is 2.57. The second kappa shape index (κ2) is 7.31. The van der Waals surface area contributed by atoms with Gasteiger partial charge in [0, 0.05) is 10.6 Å². The van der Waals surface area contributed by atoms with Crippen LogP contribution in [0.1, 0.15) is 6.23 Å². The first-order valence-corrected chi connectivity index (χ1v) is 11.4. The van der Waals surface area contributed by atoms with Crippen LogP contribution in [-0.2, 0) is 13.8 Å². The zero-order chi connectivity index (χ0) is 21.0. The number of nitrogens with zero attached hydrogens (tertiary/aromatic N) is 4. The Morgan fingerprint density at radius 2 is 2.07 bits per heavy atom. The van der Waals surface area contributed by atoms with E-state index in [-0.39, 0.29) is 12.4 Å². The van der Waals surface area contributed by atoms with Crippen molar-refractivity contribution in [3.63, 3.8) is 0 Å². The third kappa shape index (κ3) is 3.32. The quantitative estimate of drug-likeness (QED) is 0.253. The minimum Gasteiger partial charge on any atom is -0.398 e. The van der Waals surface area contributed by atoms with Gasteiger partial charge < -0.3 is 21.3 Å². The number of aliphatic hydroxyl groups excluding tert-OH is 1. The molecular weight excluding hydrogens is 430 g/mol. The van der Waals surface area contributed by atoms with E-state index in [2.05, 4.69) is 15.0 Å². The van der Waals surface area contributed by atoms with Crippen molar-refractivity contribution < 1.29 is 23.8 Å². The first-order chi connectivity index (χ1) is 14.3. The largest absolute Gasteiger partial charge is 0.488 e. The molecule has 6 N–H and O–H groups in total. The molecule has 154 valence electrons. The van der Waals surface area contributed by atoms with E-state index in [1.54, 1.807) is 10.6 Å². The number of imidazole rings is 1. The summed E-state index contributed by atoms with van der Waals surface area (Å²) in [6.07, 6.45) is -2.31. The molecule has 2 saturated heterocycles. The second-order valence-electron chi connectivity index (χ2n) is 6.82. The molecule has 14 heteroatoms. The zero-order valence-electron chi connectivity index (χ0n) is 15.4. The molecule has 4 heterocycles. The molecule has 2 unspecified atom stereocenters. The number of anilines is 2. The van der Waals surface area contributed by atoms with Crippen LogP contribution in [0.25, 0.3) is 11.2 Å². The number of aliphatic hydroxyl groups is 1. The van der Waals surface area contributed by atoms with E-state index in [1.807, 2.05) is 18.2 Å². The first kappa shape index (κ1) is 19.9. The maximum atomic E-state index is 11.0. The number of rotatable bonds is 3. The van der Waals surface area contributed by atoms with Gasteiger partial charge in [-0.15, -0.1) is 0 Å². The molecule has 0 amide bonds. The third-order valence-corrected chi connectivity index (χ3v) is 6.98. The maximum absolute atomic E-state index is 11.0. The molecular formula is C16H17BN6O5PS+. The summed E-state index contributed by atoms with van der Waals surface area (Å²) in [5.74, 6) is 0.188. The van der Waals surface area contributed by atoms with Crippen LogP contribution in [0.2, 0.25) is 0 Å². The topological polar surface area (TPSA) is 164 Å². The molecule has 3 aromatic rings. The summed E-state index contributed by atoms with van der Waals surface area (Å²) < 4.78 is 18.1. The van der Waals surface area contributed by atoms with E-state index in [1.165, 1.54) is 18.1 Å². The van der Waals surface area contributed by atoms with Crippen LogP contribution in [0.3, 0.4) is 0 Å². The van der Waals surface area contributed by atoms with Crippen molar-refractivity contribution in [1.29, 1.82) is 0 Å². The maximum Gasteiger partial charge on any atom is 0.488 e. The number of para-hydroxylation sites is 1. The first-order valence-electron chi connectivity index (χ1n) is 8.91. The number of fused-ring (bicyclic) bond motifs is 2. The molecule has 0 aliphatic carbocycles. The Morgan fingerprint density at radius 3 is 2.87 bits per heavy atom. The number of nitrogens with two attached hydrogens (primary N) is 2. The van der Waals surface area contributed by atoms with Gasteiger partial charge in [-0.2, -0.15) is 9.05 Å². The normalized spacial score (nSPS) is 31.1. The molecule has 5 rings (SSSR count). The summed E-state index contributed by atoms with van der Waals surface area (Å²) in [5.41, 5.74) is 13.4. The molecule has 5 atom stereocenters. The van der Waals surface area contributed by atoms with Crippen LogP contribution < -0.4 is 11.5 Å². The lowest BCUT2D eigenvalue weighted by molar-refractivity contribution is -0.0628. The number of benzene rings is 1. The Bertz CT molecular complexity index is 1120. The molecule has 0 saturated carbocycles.